The number of aromatic nitrogens is 3. The van der Waals surface area contributed by atoms with Crippen molar-refractivity contribution in [3.63, 3.8) is 0 Å². The topological polar surface area (TPSA) is 39.9 Å². The molecule has 0 N–H and O–H groups in total. The van der Waals surface area contributed by atoms with Crippen LogP contribution >= 0.6 is 27.5 Å². The molecule has 1 aromatic carbocycles. The summed E-state index contributed by atoms with van der Waals surface area (Å²) in [5, 5.41) is 0.661. The van der Waals surface area contributed by atoms with Crippen LogP contribution in [0.3, 0.4) is 0 Å². The van der Waals surface area contributed by atoms with Crippen molar-refractivity contribution < 1.29 is 4.74 Å². The Bertz CT molecular complexity index is 816. The highest BCUT2D eigenvalue weighted by Crippen LogP contribution is 2.26. The number of pyridine rings is 1. The molecule has 0 bridgehead atoms. The molecule has 4 nitrogen and oxygen atoms in total. The van der Waals surface area contributed by atoms with Gasteiger partial charge in [-0.3, -0.25) is 0 Å². The van der Waals surface area contributed by atoms with E-state index in [4.69, 9.17) is 16.3 Å². The largest absolute Gasteiger partial charge is 0.496 e. The minimum absolute atomic E-state index is 0.659. The molecule has 3 aromatic rings. The van der Waals surface area contributed by atoms with Crippen LogP contribution < -0.4 is 4.74 Å². The summed E-state index contributed by atoms with van der Waals surface area (Å²) in [7, 11) is 1.65. The van der Waals surface area contributed by atoms with Gasteiger partial charge in [-0.1, -0.05) is 17.7 Å². The standard InChI is InChI=1S/C15H13BrClN3O/c1-9-18-15-12(5-6-14(16)19-15)20(9)8-10-3-4-11(17)7-13(10)21-2/h3-7H,8H2,1-2H3. The van der Waals surface area contributed by atoms with Gasteiger partial charge >= 0.3 is 0 Å². The molecule has 0 radical (unpaired) electrons. The fraction of sp³-hybridized carbons (Fsp3) is 0.200. The van der Waals surface area contributed by atoms with E-state index in [1.165, 1.54) is 0 Å². The molecule has 0 amide bonds. The highest BCUT2D eigenvalue weighted by molar-refractivity contribution is 9.10. The third kappa shape index (κ3) is 2.76. The molecular formula is C15H13BrClN3O. The van der Waals surface area contributed by atoms with Crippen LogP contribution in [0.4, 0.5) is 0 Å². The molecule has 2 aromatic heterocycles. The van der Waals surface area contributed by atoms with E-state index < -0.39 is 0 Å². The molecule has 0 unspecified atom stereocenters. The number of halogens is 2. The predicted octanol–water partition coefficient (Wildman–Crippen LogP) is 4.21. The van der Waals surface area contributed by atoms with E-state index in [2.05, 4.69) is 30.5 Å². The average Bonchev–Trinajstić information content (AvgIpc) is 2.76. The third-order valence-corrected chi connectivity index (χ3v) is 4.02. The number of methoxy groups -OCH3 is 1. The lowest BCUT2D eigenvalue weighted by Crippen LogP contribution is -2.03. The molecule has 3 rings (SSSR count). The molecule has 21 heavy (non-hydrogen) atoms. The molecule has 0 aliphatic rings. The van der Waals surface area contributed by atoms with Crippen LogP contribution in [0.5, 0.6) is 5.75 Å². The summed E-state index contributed by atoms with van der Waals surface area (Å²) in [6.45, 7) is 2.63. The van der Waals surface area contributed by atoms with Crippen LogP contribution in [-0.2, 0) is 6.54 Å². The van der Waals surface area contributed by atoms with Crippen LogP contribution in [0.2, 0.25) is 5.02 Å². The zero-order valence-electron chi connectivity index (χ0n) is 11.6. The van der Waals surface area contributed by atoms with Crippen LogP contribution in [0.1, 0.15) is 11.4 Å². The van der Waals surface area contributed by atoms with Crippen LogP contribution in [0, 0.1) is 6.92 Å². The van der Waals surface area contributed by atoms with Crippen molar-refractivity contribution in [3.8, 4) is 5.75 Å². The normalized spacial score (nSPS) is 11.0. The van der Waals surface area contributed by atoms with Crippen molar-refractivity contribution in [2.75, 3.05) is 7.11 Å². The van der Waals surface area contributed by atoms with Gasteiger partial charge < -0.3 is 9.30 Å². The first kappa shape index (κ1) is 14.4. The zero-order valence-corrected chi connectivity index (χ0v) is 13.9. The molecular weight excluding hydrogens is 354 g/mol. The number of hydrogen-bond donors (Lipinski definition) is 0. The van der Waals surface area contributed by atoms with Gasteiger partial charge in [-0.2, -0.15) is 0 Å². The first-order chi connectivity index (χ1) is 10.1. The van der Waals surface area contributed by atoms with Crippen LogP contribution in [-0.4, -0.2) is 21.6 Å². The summed E-state index contributed by atoms with van der Waals surface area (Å²) in [6, 6.07) is 9.58. The Morgan fingerprint density at radius 1 is 1.24 bits per heavy atom. The highest BCUT2D eigenvalue weighted by atomic mass is 79.9. The summed E-state index contributed by atoms with van der Waals surface area (Å²) in [6.07, 6.45) is 0. The van der Waals surface area contributed by atoms with Crippen molar-refractivity contribution in [1.82, 2.24) is 14.5 Å². The summed E-state index contributed by atoms with van der Waals surface area (Å²) >= 11 is 9.38. The van der Waals surface area contributed by atoms with Gasteiger partial charge in [0.25, 0.3) is 0 Å². The molecule has 0 atom stereocenters. The van der Waals surface area contributed by atoms with Crippen molar-refractivity contribution in [1.29, 1.82) is 0 Å². The van der Waals surface area contributed by atoms with Gasteiger partial charge in [0.05, 0.1) is 19.2 Å². The molecule has 0 spiro atoms. The van der Waals surface area contributed by atoms with Crippen molar-refractivity contribution in [2.24, 2.45) is 0 Å². The molecule has 0 aliphatic carbocycles. The number of hydrogen-bond acceptors (Lipinski definition) is 3. The highest BCUT2D eigenvalue weighted by Gasteiger charge is 2.12. The number of benzene rings is 1. The van der Waals surface area contributed by atoms with Gasteiger partial charge in [0.2, 0.25) is 0 Å². The fourth-order valence-corrected chi connectivity index (χ4v) is 2.78. The zero-order chi connectivity index (χ0) is 15.0. The smallest absolute Gasteiger partial charge is 0.178 e. The summed E-state index contributed by atoms with van der Waals surface area (Å²) < 4.78 is 8.30. The van der Waals surface area contributed by atoms with E-state index in [1.807, 2.05) is 37.3 Å². The Hall–Kier alpha value is -1.59. The Balaban J connectivity index is 2.08. The van der Waals surface area contributed by atoms with E-state index in [1.54, 1.807) is 7.11 Å². The Kier molecular flexibility index (Phi) is 3.87. The number of ether oxygens (including phenoxy) is 1. The maximum atomic E-state index is 6.01. The van der Waals surface area contributed by atoms with Crippen molar-refractivity contribution in [3.05, 3.63) is 51.3 Å². The van der Waals surface area contributed by atoms with E-state index in [0.29, 0.717) is 11.6 Å². The van der Waals surface area contributed by atoms with E-state index in [-0.39, 0.29) is 0 Å². The number of rotatable bonds is 3. The molecule has 0 aliphatic heterocycles. The maximum Gasteiger partial charge on any atom is 0.178 e. The van der Waals surface area contributed by atoms with E-state index >= 15 is 0 Å². The van der Waals surface area contributed by atoms with Crippen molar-refractivity contribution >= 4 is 38.7 Å². The number of fused-ring (bicyclic) bond motifs is 1. The van der Waals surface area contributed by atoms with Crippen molar-refractivity contribution in [2.45, 2.75) is 13.5 Å². The lowest BCUT2D eigenvalue weighted by Gasteiger charge is -2.11. The first-order valence-corrected chi connectivity index (χ1v) is 7.57. The Morgan fingerprint density at radius 2 is 2.05 bits per heavy atom. The maximum absolute atomic E-state index is 6.01. The van der Waals surface area contributed by atoms with Gasteiger partial charge in [-0.25, -0.2) is 9.97 Å². The summed E-state index contributed by atoms with van der Waals surface area (Å²) in [4.78, 5) is 8.89. The fourth-order valence-electron chi connectivity index (χ4n) is 2.32. The summed E-state index contributed by atoms with van der Waals surface area (Å²) in [5.41, 5.74) is 2.77. The lowest BCUT2D eigenvalue weighted by molar-refractivity contribution is 0.408. The van der Waals surface area contributed by atoms with Gasteiger partial charge in [0.15, 0.2) is 5.65 Å². The van der Waals surface area contributed by atoms with Gasteiger partial charge in [-0.05, 0) is 47.1 Å². The molecule has 0 saturated heterocycles. The minimum atomic E-state index is 0.659. The van der Waals surface area contributed by atoms with E-state index in [9.17, 15) is 0 Å². The first-order valence-electron chi connectivity index (χ1n) is 6.40. The minimum Gasteiger partial charge on any atom is -0.496 e. The second-order valence-corrected chi connectivity index (χ2v) is 5.93. The van der Waals surface area contributed by atoms with Gasteiger partial charge in [0, 0.05) is 10.6 Å². The number of aryl methyl sites for hydroxylation is 1. The SMILES string of the molecule is COc1cc(Cl)ccc1Cn1c(C)nc2nc(Br)ccc21. The summed E-state index contributed by atoms with van der Waals surface area (Å²) in [5.74, 6) is 1.68. The van der Waals surface area contributed by atoms with Crippen LogP contribution in [0.15, 0.2) is 34.9 Å². The average molecular weight is 367 g/mol. The molecule has 2 heterocycles. The van der Waals surface area contributed by atoms with Crippen LogP contribution in [0.25, 0.3) is 11.2 Å². The van der Waals surface area contributed by atoms with Gasteiger partial charge in [-0.15, -0.1) is 0 Å². The quantitative estimate of drug-likeness (QED) is 0.652. The van der Waals surface area contributed by atoms with E-state index in [0.717, 1.165) is 32.9 Å². The van der Waals surface area contributed by atoms with Gasteiger partial charge in [0.1, 0.15) is 16.2 Å². The Morgan fingerprint density at radius 3 is 2.81 bits per heavy atom. The third-order valence-electron chi connectivity index (χ3n) is 3.35. The second-order valence-electron chi connectivity index (χ2n) is 4.68. The lowest BCUT2D eigenvalue weighted by atomic mass is 10.2. The number of nitrogens with zero attached hydrogens (tertiary/aromatic N) is 3. The molecule has 6 heteroatoms. The monoisotopic (exact) mass is 365 g/mol. The molecule has 0 saturated carbocycles. The predicted molar refractivity (Wildman–Crippen MR) is 87.1 cm³/mol. The number of imidazole rings is 1. The Labute approximate surface area is 135 Å². The second kappa shape index (κ2) is 5.66. The molecule has 0 fully saturated rings. The molecule has 108 valence electrons.